The van der Waals surface area contributed by atoms with Gasteiger partial charge in [-0.1, -0.05) is 54.9 Å². The lowest BCUT2D eigenvalue weighted by atomic mass is 10.1. The van der Waals surface area contributed by atoms with Crippen LogP contribution in [0.5, 0.6) is 0 Å². The third kappa shape index (κ3) is 4.24. The zero-order valence-electron chi connectivity index (χ0n) is 16.5. The van der Waals surface area contributed by atoms with Gasteiger partial charge in [-0.15, -0.1) is 10.2 Å². The van der Waals surface area contributed by atoms with Crippen molar-refractivity contribution in [3.05, 3.63) is 70.3 Å². The van der Waals surface area contributed by atoms with E-state index < -0.39 is 0 Å². The number of aryl methyl sites for hydroxylation is 1. The number of hydrogen-bond donors (Lipinski definition) is 0. The van der Waals surface area contributed by atoms with Crippen LogP contribution in [0.4, 0.5) is 0 Å². The molecule has 0 radical (unpaired) electrons. The summed E-state index contributed by atoms with van der Waals surface area (Å²) in [7, 11) is 0. The van der Waals surface area contributed by atoms with Crippen molar-refractivity contribution in [2.75, 3.05) is 0 Å². The second kappa shape index (κ2) is 8.61. The number of para-hydroxylation sites is 1. The molecule has 6 nitrogen and oxygen atoms in total. The molecule has 0 N–H and O–H groups in total. The molecular weight excluding hydrogens is 384 g/mol. The van der Waals surface area contributed by atoms with Crippen LogP contribution >= 0.6 is 11.8 Å². The van der Waals surface area contributed by atoms with Crippen LogP contribution in [0.1, 0.15) is 31.2 Å². The molecule has 0 fully saturated rings. The molecule has 0 saturated carbocycles. The first-order valence-electron chi connectivity index (χ1n) is 9.67. The highest BCUT2D eigenvalue weighted by atomic mass is 32.2. The molecule has 2 heterocycles. The Bertz CT molecular complexity index is 1200. The van der Waals surface area contributed by atoms with Gasteiger partial charge in [0.1, 0.15) is 0 Å². The van der Waals surface area contributed by atoms with E-state index in [4.69, 9.17) is 9.40 Å². The summed E-state index contributed by atoms with van der Waals surface area (Å²) in [6.45, 7) is 4.78. The highest BCUT2D eigenvalue weighted by molar-refractivity contribution is 7.98. The van der Waals surface area contributed by atoms with Crippen molar-refractivity contribution in [3.63, 3.8) is 0 Å². The van der Waals surface area contributed by atoms with Crippen LogP contribution in [0.25, 0.3) is 22.4 Å². The molecule has 0 aliphatic rings. The molecule has 4 aromatic rings. The van der Waals surface area contributed by atoms with Crippen molar-refractivity contribution < 1.29 is 4.42 Å². The highest BCUT2D eigenvalue weighted by Gasteiger charge is 2.14. The van der Waals surface area contributed by atoms with E-state index in [9.17, 15) is 4.79 Å². The van der Waals surface area contributed by atoms with Crippen LogP contribution in [0, 0.1) is 6.92 Å². The van der Waals surface area contributed by atoms with E-state index in [1.165, 1.54) is 11.8 Å². The summed E-state index contributed by atoms with van der Waals surface area (Å²) < 4.78 is 7.59. The first-order valence-corrected chi connectivity index (χ1v) is 10.7. The fourth-order valence-corrected chi connectivity index (χ4v) is 3.97. The lowest BCUT2D eigenvalue weighted by Gasteiger charge is -2.12. The predicted octanol–water partition coefficient (Wildman–Crippen LogP) is 4.85. The van der Waals surface area contributed by atoms with Crippen molar-refractivity contribution in [2.24, 2.45) is 0 Å². The Morgan fingerprint density at radius 3 is 2.79 bits per heavy atom. The first kappa shape index (κ1) is 19.4. The molecule has 0 amide bonds. The molecule has 4 rings (SSSR count). The third-order valence-corrected chi connectivity index (χ3v) is 5.58. The fraction of sp³-hybridized carbons (Fsp3) is 0.273. The Balaban J connectivity index is 1.60. The van der Waals surface area contributed by atoms with E-state index in [1.54, 1.807) is 4.57 Å². The average molecular weight is 407 g/mol. The van der Waals surface area contributed by atoms with Crippen LogP contribution in [-0.4, -0.2) is 19.7 Å². The lowest BCUT2D eigenvalue weighted by Crippen LogP contribution is -2.23. The van der Waals surface area contributed by atoms with E-state index in [1.807, 2.05) is 55.5 Å². The molecule has 0 atom stereocenters. The quantitative estimate of drug-likeness (QED) is 0.323. The van der Waals surface area contributed by atoms with Crippen LogP contribution in [0.2, 0.25) is 0 Å². The summed E-state index contributed by atoms with van der Waals surface area (Å²) in [5, 5.41) is 9.65. The summed E-state index contributed by atoms with van der Waals surface area (Å²) in [4.78, 5) is 17.7. The molecule has 29 heavy (non-hydrogen) atoms. The second-order valence-electron chi connectivity index (χ2n) is 6.88. The average Bonchev–Trinajstić information content (AvgIpc) is 3.21. The van der Waals surface area contributed by atoms with Gasteiger partial charge in [0.15, 0.2) is 5.16 Å². The van der Waals surface area contributed by atoms with Gasteiger partial charge < -0.3 is 4.42 Å². The Labute approximate surface area is 173 Å². The summed E-state index contributed by atoms with van der Waals surface area (Å²) in [6, 6.07) is 15.4. The van der Waals surface area contributed by atoms with E-state index >= 15 is 0 Å². The molecule has 2 aromatic heterocycles. The lowest BCUT2D eigenvalue weighted by molar-refractivity contribution is 0.526. The number of thioether (sulfide) groups is 1. The summed E-state index contributed by atoms with van der Waals surface area (Å²) >= 11 is 1.45. The normalized spacial score (nSPS) is 11.2. The molecule has 2 aromatic carbocycles. The van der Waals surface area contributed by atoms with Gasteiger partial charge in [-0.3, -0.25) is 9.36 Å². The topological polar surface area (TPSA) is 73.8 Å². The van der Waals surface area contributed by atoms with Gasteiger partial charge in [0.05, 0.1) is 16.7 Å². The monoisotopic (exact) mass is 406 g/mol. The Morgan fingerprint density at radius 1 is 1.10 bits per heavy atom. The van der Waals surface area contributed by atoms with Gasteiger partial charge in [-0.05, 0) is 37.6 Å². The SMILES string of the molecule is CCCCn1c(SCc2nnc(-c3cccc(C)c3)o2)nc2ccccc2c1=O. The smallest absolute Gasteiger partial charge is 0.262 e. The van der Waals surface area contributed by atoms with Crippen molar-refractivity contribution in [2.45, 2.75) is 44.1 Å². The Kier molecular flexibility index (Phi) is 5.76. The standard InChI is InChI=1S/C22H22N4O2S/c1-3-4-12-26-21(27)17-10-5-6-11-18(17)23-22(26)29-14-19-24-25-20(28-19)16-9-7-8-15(2)13-16/h5-11,13H,3-4,12,14H2,1-2H3. The minimum Gasteiger partial charge on any atom is -0.420 e. The highest BCUT2D eigenvalue weighted by Crippen LogP contribution is 2.25. The van der Waals surface area contributed by atoms with Gasteiger partial charge in [0.2, 0.25) is 11.8 Å². The van der Waals surface area contributed by atoms with Crippen LogP contribution < -0.4 is 5.56 Å². The number of aromatic nitrogens is 4. The third-order valence-electron chi connectivity index (χ3n) is 4.62. The molecule has 7 heteroatoms. The van der Waals surface area contributed by atoms with Crippen LogP contribution in [-0.2, 0) is 12.3 Å². The summed E-state index contributed by atoms with van der Waals surface area (Å²) in [6.07, 6.45) is 1.93. The molecule has 0 aliphatic carbocycles. The van der Waals surface area contributed by atoms with Gasteiger partial charge in [-0.25, -0.2) is 4.98 Å². The maximum Gasteiger partial charge on any atom is 0.262 e. The van der Waals surface area contributed by atoms with Crippen molar-refractivity contribution >= 4 is 22.7 Å². The Morgan fingerprint density at radius 2 is 1.97 bits per heavy atom. The number of unbranched alkanes of at least 4 members (excludes halogenated alkanes) is 1. The molecule has 0 aliphatic heterocycles. The molecule has 148 valence electrons. The van der Waals surface area contributed by atoms with Crippen LogP contribution in [0.3, 0.4) is 0 Å². The minimum absolute atomic E-state index is 0.00229. The van der Waals surface area contributed by atoms with Gasteiger partial charge in [0.25, 0.3) is 5.56 Å². The van der Waals surface area contributed by atoms with Crippen molar-refractivity contribution in [1.29, 1.82) is 0 Å². The minimum atomic E-state index is -0.00229. The molecule has 0 saturated heterocycles. The number of fused-ring (bicyclic) bond motifs is 1. The van der Waals surface area contributed by atoms with E-state index in [0.717, 1.165) is 24.0 Å². The zero-order valence-corrected chi connectivity index (χ0v) is 17.3. The fourth-order valence-electron chi connectivity index (χ4n) is 3.10. The van der Waals surface area contributed by atoms with Crippen molar-refractivity contribution in [1.82, 2.24) is 19.7 Å². The Hall–Kier alpha value is -2.93. The number of benzene rings is 2. The maximum atomic E-state index is 12.9. The van der Waals surface area contributed by atoms with Crippen LogP contribution in [0.15, 0.2) is 62.9 Å². The summed E-state index contributed by atoms with van der Waals surface area (Å²) in [5.41, 5.74) is 2.74. The van der Waals surface area contributed by atoms with Gasteiger partial charge in [0, 0.05) is 12.1 Å². The number of hydrogen-bond acceptors (Lipinski definition) is 6. The summed E-state index contributed by atoms with van der Waals surface area (Å²) in [5.74, 6) is 1.46. The molecule has 0 unspecified atom stereocenters. The van der Waals surface area contributed by atoms with E-state index in [2.05, 4.69) is 17.1 Å². The second-order valence-corrected chi connectivity index (χ2v) is 7.82. The van der Waals surface area contributed by atoms with E-state index in [-0.39, 0.29) is 5.56 Å². The predicted molar refractivity (Wildman–Crippen MR) is 115 cm³/mol. The van der Waals surface area contributed by atoms with Crippen molar-refractivity contribution in [3.8, 4) is 11.5 Å². The maximum absolute atomic E-state index is 12.9. The van der Waals surface area contributed by atoms with E-state index in [0.29, 0.717) is 40.1 Å². The van der Waals surface area contributed by atoms with Gasteiger partial charge >= 0.3 is 0 Å². The first-order chi connectivity index (χ1) is 14.2. The number of rotatable bonds is 7. The van der Waals surface area contributed by atoms with Gasteiger partial charge in [-0.2, -0.15) is 0 Å². The zero-order chi connectivity index (χ0) is 20.2. The molecular formula is C22H22N4O2S. The molecule has 0 spiro atoms. The largest absolute Gasteiger partial charge is 0.420 e. The number of nitrogens with zero attached hydrogens (tertiary/aromatic N) is 4. The molecule has 0 bridgehead atoms.